The lowest BCUT2D eigenvalue weighted by Gasteiger charge is -2.39. The van der Waals surface area contributed by atoms with Gasteiger partial charge in [-0.15, -0.1) is 0 Å². The molecule has 0 spiro atoms. The highest BCUT2D eigenvalue weighted by atomic mass is 19.1. The fourth-order valence-electron chi connectivity index (χ4n) is 5.24. The van der Waals surface area contributed by atoms with Gasteiger partial charge < -0.3 is 14.4 Å². The zero-order chi connectivity index (χ0) is 27.4. The van der Waals surface area contributed by atoms with Crippen LogP contribution in [0.1, 0.15) is 26.3 Å². The highest BCUT2D eigenvalue weighted by molar-refractivity contribution is 5.92. The lowest BCUT2D eigenvalue weighted by Crippen LogP contribution is -2.48. The normalized spacial score (nSPS) is 19.8. The molecular formula is C32H38FN3O2. The molecule has 0 atom stereocenters. The molecule has 3 aliphatic rings. The zero-order valence-corrected chi connectivity index (χ0v) is 23.0. The van der Waals surface area contributed by atoms with Gasteiger partial charge in [0.15, 0.2) is 0 Å². The van der Waals surface area contributed by atoms with E-state index in [1.165, 1.54) is 0 Å². The molecule has 38 heavy (non-hydrogen) atoms. The number of hydrogen-bond acceptors (Lipinski definition) is 5. The van der Waals surface area contributed by atoms with Crippen molar-refractivity contribution < 1.29 is 13.9 Å². The number of hydrogen-bond donors (Lipinski definition) is 0. The third kappa shape index (κ3) is 5.60. The SMILES string of the molecule is C=C/C=C(\C(=C)C)C1=C(C2=CCN(/C=C(/CN3CC(CF)C3)N=C)C=C2)c2ccc(OC)cc2OC1(C)C. The second kappa shape index (κ2) is 11.4. The summed E-state index contributed by atoms with van der Waals surface area (Å²) in [6.07, 6.45) is 12.2. The van der Waals surface area contributed by atoms with Crippen molar-refractivity contribution in [2.75, 3.05) is 40.0 Å². The van der Waals surface area contributed by atoms with Gasteiger partial charge in [-0.2, -0.15) is 0 Å². The van der Waals surface area contributed by atoms with Crippen LogP contribution in [-0.2, 0) is 0 Å². The fraction of sp³-hybridized carbons (Fsp3) is 0.344. The summed E-state index contributed by atoms with van der Waals surface area (Å²) in [6, 6.07) is 5.96. The molecule has 0 amide bonds. The number of halogens is 1. The molecule has 1 fully saturated rings. The predicted molar refractivity (Wildman–Crippen MR) is 155 cm³/mol. The van der Waals surface area contributed by atoms with E-state index in [4.69, 9.17) is 9.47 Å². The molecule has 1 saturated heterocycles. The summed E-state index contributed by atoms with van der Waals surface area (Å²) in [5.74, 6) is 1.68. The first kappa shape index (κ1) is 27.4. The summed E-state index contributed by atoms with van der Waals surface area (Å²) in [7, 11) is 1.66. The maximum absolute atomic E-state index is 12.8. The van der Waals surface area contributed by atoms with Gasteiger partial charge in [0.25, 0.3) is 0 Å². The summed E-state index contributed by atoms with van der Waals surface area (Å²) in [6.45, 7) is 20.7. The number of nitrogens with zero attached hydrogens (tertiary/aromatic N) is 3. The van der Waals surface area contributed by atoms with E-state index in [0.29, 0.717) is 13.1 Å². The molecule has 3 heterocycles. The standard InChI is InChI=1S/C32H38FN3O2/c1-8-9-27(22(2)3)31-30(28-11-10-26(37-7)16-29(28)38-32(31,4)5)24-12-14-35(15-13-24)20-25(34-6)21-36-18-23(17-33)19-36/h8-14,16,20,23H,1-2,6,15,17-19,21H2,3-5,7H3/b25-20-,27-9+. The molecule has 1 aromatic carbocycles. The average Bonchev–Trinajstić information content (AvgIpc) is 2.87. The molecule has 3 aliphatic heterocycles. The Bertz CT molecular complexity index is 1280. The number of aliphatic imine (C=N–C) groups is 1. The van der Waals surface area contributed by atoms with E-state index >= 15 is 0 Å². The smallest absolute Gasteiger partial charge is 0.132 e. The van der Waals surface area contributed by atoms with E-state index in [2.05, 4.69) is 72.9 Å². The molecule has 4 rings (SSSR count). The van der Waals surface area contributed by atoms with E-state index < -0.39 is 5.60 Å². The summed E-state index contributed by atoms with van der Waals surface area (Å²) >= 11 is 0. The van der Waals surface area contributed by atoms with E-state index in [1.807, 2.05) is 31.3 Å². The van der Waals surface area contributed by atoms with Crippen LogP contribution in [0.15, 0.2) is 101 Å². The van der Waals surface area contributed by atoms with E-state index in [1.54, 1.807) is 13.2 Å². The second-order valence-corrected chi connectivity index (χ2v) is 10.5. The summed E-state index contributed by atoms with van der Waals surface area (Å²) in [5, 5.41) is 0. The van der Waals surface area contributed by atoms with Crippen LogP contribution in [0.25, 0.3) is 5.57 Å². The second-order valence-electron chi connectivity index (χ2n) is 10.5. The number of allylic oxidation sites excluding steroid dienone is 6. The Morgan fingerprint density at radius 1 is 1.32 bits per heavy atom. The molecule has 5 nitrogen and oxygen atoms in total. The van der Waals surface area contributed by atoms with Gasteiger partial charge in [-0.1, -0.05) is 37.0 Å². The summed E-state index contributed by atoms with van der Waals surface area (Å²) < 4.78 is 24.8. The van der Waals surface area contributed by atoms with E-state index in [9.17, 15) is 4.39 Å². The number of rotatable bonds is 10. The lowest BCUT2D eigenvalue weighted by atomic mass is 9.77. The molecule has 1 aromatic rings. The van der Waals surface area contributed by atoms with Crippen molar-refractivity contribution in [2.24, 2.45) is 10.9 Å². The van der Waals surface area contributed by atoms with Crippen LogP contribution in [0.2, 0.25) is 0 Å². The van der Waals surface area contributed by atoms with Crippen LogP contribution in [-0.4, -0.2) is 62.1 Å². The van der Waals surface area contributed by atoms with Gasteiger partial charge in [0, 0.05) is 67.3 Å². The van der Waals surface area contributed by atoms with Crippen molar-refractivity contribution in [2.45, 2.75) is 26.4 Å². The quantitative estimate of drug-likeness (QED) is 0.263. The van der Waals surface area contributed by atoms with Crippen molar-refractivity contribution in [3.63, 3.8) is 0 Å². The van der Waals surface area contributed by atoms with Crippen LogP contribution in [0.5, 0.6) is 11.5 Å². The Morgan fingerprint density at radius 3 is 2.66 bits per heavy atom. The van der Waals surface area contributed by atoms with Crippen molar-refractivity contribution in [1.82, 2.24) is 9.80 Å². The predicted octanol–water partition coefficient (Wildman–Crippen LogP) is 6.51. The van der Waals surface area contributed by atoms with Crippen LogP contribution in [0, 0.1) is 5.92 Å². The average molecular weight is 516 g/mol. The number of likely N-dealkylation sites (tertiary alicyclic amines) is 1. The molecule has 6 heteroatoms. The molecule has 0 aliphatic carbocycles. The van der Waals surface area contributed by atoms with E-state index in [-0.39, 0.29) is 12.6 Å². The summed E-state index contributed by atoms with van der Waals surface area (Å²) in [4.78, 5) is 8.51. The van der Waals surface area contributed by atoms with Crippen LogP contribution < -0.4 is 9.47 Å². The number of benzene rings is 1. The molecule has 200 valence electrons. The molecule has 0 N–H and O–H groups in total. The Balaban J connectivity index is 1.72. The molecule has 0 radical (unpaired) electrons. The largest absolute Gasteiger partial charge is 0.497 e. The minimum Gasteiger partial charge on any atom is -0.497 e. The van der Waals surface area contributed by atoms with Crippen molar-refractivity contribution in [3.05, 3.63) is 102 Å². The Kier molecular flexibility index (Phi) is 8.22. The van der Waals surface area contributed by atoms with Gasteiger partial charge >= 0.3 is 0 Å². The third-order valence-electron chi connectivity index (χ3n) is 7.10. The van der Waals surface area contributed by atoms with Gasteiger partial charge in [0.1, 0.15) is 17.1 Å². The monoisotopic (exact) mass is 515 g/mol. The number of ether oxygens (including phenoxy) is 2. The van der Waals surface area contributed by atoms with Gasteiger partial charge in [-0.05, 0) is 56.8 Å². The zero-order valence-electron chi connectivity index (χ0n) is 23.0. The highest BCUT2D eigenvalue weighted by Gasteiger charge is 2.38. The van der Waals surface area contributed by atoms with Gasteiger partial charge in [-0.25, -0.2) is 0 Å². The Hall–Kier alpha value is -3.64. The first-order valence-corrected chi connectivity index (χ1v) is 12.9. The minimum atomic E-state index is -0.622. The number of methoxy groups -OCH3 is 1. The van der Waals surface area contributed by atoms with Gasteiger partial charge in [-0.3, -0.25) is 14.3 Å². The molecular weight excluding hydrogens is 477 g/mol. The number of alkyl halides is 1. The van der Waals surface area contributed by atoms with Crippen LogP contribution >= 0.6 is 0 Å². The third-order valence-corrected chi connectivity index (χ3v) is 7.10. The minimum absolute atomic E-state index is 0.148. The Morgan fingerprint density at radius 2 is 2.08 bits per heavy atom. The van der Waals surface area contributed by atoms with Crippen molar-refractivity contribution >= 4 is 12.3 Å². The summed E-state index contributed by atoms with van der Waals surface area (Å²) in [5.41, 5.74) is 6.48. The Labute approximate surface area is 226 Å². The topological polar surface area (TPSA) is 37.3 Å². The molecule has 0 bridgehead atoms. The van der Waals surface area contributed by atoms with Gasteiger partial charge in [0.05, 0.1) is 19.5 Å². The highest BCUT2D eigenvalue weighted by Crippen LogP contribution is 2.49. The molecule has 0 aromatic heterocycles. The van der Waals surface area contributed by atoms with Crippen molar-refractivity contribution in [3.8, 4) is 11.5 Å². The maximum Gasteiger partial charge on any atom is 0.132 e. The fourth-order valence-corrected chi connectivity index (χ4v) is 5.24. The molecule has 0 unspecified atom stereocenters. The van der Waals surface area contributed by atoms with E-state index in [0.717, 1.165) is 63.7 Å². The number of fused-ring (bicyclic) bond motifs is 1. The van der Waals surface area contributed by atoms with Crippen LogP contribution in [0.4, 0.5) is 4.39 Å². The first-order valence-electron chi connectivity index (χ1n) is 12.9. The lowest BCUT2D eigenvalue weighted by molar-refractivity contribution is 0.0905. The molecule has 0 saturated carbocycles. The van der Waals surface area contributed by atoms with Crippen molar-refractivity contribution in [1.29, 1.82) is 0 Å². The van der Waals surface area contributed by atoms with Crippen LogP contribution in [0.3, 0.4) is 0 Å². The van der Waals surface area contributed by atoms with Gasteiger partial charge in [0.2, 0.25) is 0 Å². The first-order chi connectivity index (χ1) is 18.2. The maximum atomic E-state index is 12.8.